The van der Waals surface area contributed by atoms with Crippen molar-refractivity contribution < 1.29 is 14.7 Å². The van der Waals surface area contributed by atoms with Crippen molar-refractivity contribution in [2.75, 3.05) is 32.8 Å². The number of fused-ring (bicyclic) bond motifs is 1. The number of aliphatic hydroxyl groups excluding tert-OH is 2. The third-order valence-electron chi connectivity index (χ3n) is 6.74. The second kappa shape index (κ2) is 9.12. The van der Waals surface area contributed by atoms with Gasteiger partial charge in [0.15, 0.2) is 5.76 Å². The summed E-state index contributed by atoms with van der Waals surface area (Å²) in [4.78, 5) is 6.54. The molecule has 0 radical (unpaired) electrons. The van der Waals surface area contributed by atoms with Crippen LogP contribution in [0.1, 0.15) is 36.2 Å². The Bertz CT molecular complexity index is 1140. The molecule has 8 nitrogen and oxygen atoms in total. The van der Waals surface area contributed by atoms with Gasteiger partial charge in [0.05, 0.1) is 12.6 Å². The maximum Gasteiger partial charge on any atom is 0.167 e. The van der Waals surface area contributed by atoms with E-state index in [1.807, 2.05) is 34.9 Å². The van der Waals surface area contributed by atoms with Gasteiger partial charge in [0, 0.05) is 61.7 Å². The molecule has 1 aliphatic carbocycles. The standard InChI is InChI=1S/C25H29N5O3/c1-16(32)25-27-8-9-30(25)23(13-26)22-12-24(33-28-22)18-5-2-17(3-6-18)4-7-19-20-14-29(10-11-31)15-21(19)20/h2-3,5-6,8-9,12,16,19-21,23,31-32H,10-11,13-15,26H2,1H3/t16-,19?,20-,21+,23+/m0/s1. The van der Waals surface area contributed by atoms with Gasteiger partial charge in [-0.1, -0.05) is 17.0 Å². The summed E-state index contributed by atoms with van der Waals surface area (Å²) in [6, 6.07) is 9.59. The summed E-state index contributed by atoms with van der Waals surface area (Å²) >= 11 is 0. The molecule has 1 aromatic carbocycles. The molecule has 0 bridgehead atoms. The lowest BCUT2D eigenvalue weighted by Crippen LogP contribution is -2.27. The van der Waals surface area contributed by atoms with Crippen molar-refractivity contribution >= 4 is 0 Å². The van der Waals surface area contributed by atoms with Gasteiger partial charge in [-0.15, -0.1) is 0 Å². The number of hydrogen-bond donors (Lipinski definition) is 3. The van der Waals surface area contributed by atoms with E-state index < -0.39 is 6.10 Å². The van der Waals surface area contributed by atoms with Gasteiger partial charge in [-0.25, -0.2) is 4.98 Å². The van der Waals surface area contributed by atoms with Crippen LogP contribution in [0.4, 0.5) is 0 Å². The lowest BCUT2D eigenvalue weighted by atomic mass is 10.1. The molecule has 1 saturated heterocycles. The van der Waals surface area contributed by atoms with Gasteiger partial charge in [-0.3, -0.25) is 0 Å². The van der Waals surface area contributed by atoms with Gasteiger partial charge in [0.1, 0.15) is 17.6 Å². The molecule has 1 saturated carbocycles. The Labute approximate surface area is 193 Å². The first-order chi connectivity index (χ1) is 16.1. The second-order valence-corrected chi connectivity index (χ2v) is 8.92. The van der Waals surface area contributed by atoms with Crippen molar-refractivity contribution in [2.45, 2.75) is 19.1 Å². The number of aromatic nitrogens is 3. The van der Waals surface area contributed by atoms with Crippen LogP contribution in [-0.2, 0) is 0 Å². The minimum Gasteiger partial charge on any atom is -0.395 e. The van der Waals surface area contributed by atoms with Crippen molar-refractivity contribution in [3.8, 4) is 23.2 Å². The Morgan fingerprint density at radius 1 is 1.24 bits per heavy atom. The zero-order valence-electron chi connectivity index (χ0n) is 18.6. The molecule has 3 heterocycles. The molecule has 172 valence electrons. The van der Waals surface area contributed by atoms with Gasteiger partial charge in [0.25, 0.3) is 0 Å². The predicted molar refractivity (Wildman–Crippen MR) is 123 cm³/mol. The van der Waals surface area contributed by atoms with E-state index in [4.69, 9.17) is 15.4 Å². The Hall–Kier alpha value is -2.96. The summed E-state index contributed by atoms with van der Waals surface area (Å²) < 4.78 is 7.43. The molecule has 0 spiro atoms. The van der Waals surface area contributed by atoms with Crippen LogP contribution >= 0.6 is 0 Å². The van der Waals surface area contributed by atoms with Crippen LogP contribution in [0.15, 0.2) is 47.2 Å². The number of hydrogen-bond acceptors (Lipinski definition) is 7. The lowest BCUT2D eigenvalue weighted by molar-refractivity contribution is 0.182. The van der Waals surface area contributed by atoms with Crippen LogP contribution in [0.2, 0.25) is 0 Å². The van der Waals surface area contributed by atoms with E-state index in [1.165, 1.54) is 0 Å². The minimum absolute atomic E-state index is 0.230. The Morgan fingerprint density at radius 3 is 2.67 bits per heavy atom. The first-order valence-corrected chi connectivity index (χ1v) is 11.4. The normalized spacial score (nSPS) is 23.6. The maximum atomic E-state index is 9.97. The van der Waals surface area contributed by atoms with E-state index in [1.54, 1.807) is 19.3 Å². The fourth-order valence-electron chi connectivity index (χ4n) is 4.91. The number of piperidine rings is 1. The summed E-state index contributed by atoms with van der Waals surface area (Å²) in [7, 11) is 0. The van der Waals surface area contributed by atoms with E-state index in [2.05, 4.69) is 26.9 Å². The number of imidazole rings is 1. The first kappa shape index (κ1) is 21.9. The van der Waals surface area contributed by atoms with Crippen LogP contribution in [0.5, 0.6) is 0 Å². The van der Waals surface area contributed by atoms with E-state index in [0.717, 1.165) is 30.8 Å². The third kappa shape index (κ3) is 4.33. The Balaban J connectivity index is 1.25. The zero-order chi connectivity index (χ0) is 22.9. The predicted octanol–water partition coefficient (Wildman–Crippen LogP) is 1.66. The van der Waals surface area contributed by atoms with Crippen molar-refractivity contribution in [3.05, 3.63) is 59.8 Å². The highest BCUT2D eigenvalue weighted by molar-refractivity contribution is 5.59. The highest BCUT2D eigenvalue weighted by Gasteiger charge is 2.54. The number of nitrogens with two attached hydrogens (primary N) is 1. The number of aliphatic hydroxyl groups is 2. The molecule has 2 aliphatic rings. The highest BCUT2D eigenvalue weighted by atomic mass is 16.5. The third-order valence-corrected chi connectivity index (χ3v) is 6.74. The molecule has 5 rings (SSSR count). The van der Waals surface area contributed by atoms with Crippen molar-refractivity contribution in [2.24, 2.45) is 23.5 Å². The number of β-amino-alcohol motifs (C(OH)–C–C–N with tert-alkyl or cyclic N) is 1. The summed E-state index contributed by atoms with van der Waals surface area (Å²) in [6.45, 7) is 5.09. The molecule has 2 aromatic heterocycles. The number of benzene rings is 1. The van der Waals surface area contributed by atoms with E-state index in [0.29, 0.717) is 41.6 Å². The van der Waals surface area contributed by atoms with Gasteiger partial charge >= 0.3 is 0 Å². The summed E-state index contributed by atoms with van der Waals surface area (Å²) in [5, 5.41) is 23.3. The van der Waals surface area contributed by atoms with Crippen LogP contribution in [-0.4, -0.2) is 62.6 Å². The Kier molecular flexibility index (Phi) is 6.04. The molecule has 8 heteroatoms. The molecule has 5 atom stereocenters. The van der Waals surface area contributed by atoms with E-state index in [9.17, 15) is 5.11 Å². The van der Waals surface area contributed by atoms with E-state index >= 15 is 0 Å². The minimum atomic E-state index is -0.705. The Morgan fingerprint density at radius 2 is 2.00 bits per heavy atom. The molecule has 4 N–H and O–H groups in total. The molecular weight excluding hydrogens is 418 g/mol. The monoisotopic (exact) mass is 447 g/mol. The van der Waals surface area contributed by atoms with Crippen LogP contribution in [0.25, 0.3) is 11.3 Å². The largest absolute Gasteiger partial charge is 0.395 e. The first-order valence-electron chi connectivity index (χ1n) is 11.4. The smallest absolute Gasteiger partial charge is 0.167 e. The fraction of sp³-hybridized carbons (Fsp3) is 0.440. The number of rotatable bonds is 7. The van der Waals surface area contributed by atoms with Crippen molar-refractivity contribution in [3.63, 3.8) is 0 Å². The van der Waals surface area contributed by atoms with Crippen LogP contribution in [0.3, 0.4) is 0 Å². The number of nitrogens with zero attached hydrogens (tertiary/aromatic N) is 4. The average molecular weight is 448 g/mol. The van der Waals surface area contributed by atoms with Gasteiger partial charge in [0.2, 0.25) is 0 Å². The lowest BCUT2D eigenvalue weighted by Gasteiger charge is -2.17. The fourth-order valence-corrected chi connectivity index (χ4v) is 4.91. The maximum absolute atomic E-state index is 9.97. The van der Waals surface area contributed by atoms with Gasteiger partial charge in [-0.2, -0.15) is 0 Å². The summed E-state index contributed by atoms with van der Waals surface area (Å²) in [6.07, 6.45) is 2.73. The topological polar surface area (TPSA) is 114 Å². The van der Waals surface area contributed by atoms with Crippen molar-refractivity contribution in [1.82, 2.24) is 19.6 Å². The average Bonchev–Trinajstić information content (AvgIpc) is 3.32. The molecular formula is C25H29N5O3. The molecule has 2 fully saturated rings. The highest BCUT2D eigenvalue weighted by Crippen LogP contribution is 2.51. The van der Waals surface area contributed by atoms with Crippen LogP contribution in [0, 0.1) is 29.6 Å². The number of likely N-dealkylation sites (tertiary alicyclic amines) is 1. The summed E-state index contributed by atoms with van der Waals surface area (Å²) in [5.41, 5.74) is 8.60. The van der Waals surface area contributed by atoms with Crippen LogP contribution < -0.4 is 5.73 Å². The molecule has 1 unspecified atom stereocenters. The molecule has 1 aliphatic heterocycles. The molecule has 0 amide bonds. The SMILES string of the molecule is C[C@H](O)c1nccn1[C@H](CN)c1cc(-c2ccc(C#CC3[C@H]4CN(CCO)C[C@@H]34)cc2)on1. The van der Waals surface area contributed by atoms with E-state index in [-0.39, 0.29) is 12.6 Å². The quantitative estimate of drug-likeness (QED) is 0.472. The second-order valence-electron chi connectivity index (χ2n) is 8.92. The molecule has 33 heavy (non-hydrogen) atoms. The van der Waals surface area contributed by atoms with Crippen molar-refractivity contribution in [1.29, 1.82) is 0 Å². The van der Waals surface area contributed by atoms with Gasteiger partial charge in [-0.05, 0) is 43.0 Å². The zero-order valence-corrected chi connectivity index (χ0v) is 18.6. The van der Waals surface area contributed by atoms with Gasteiger partial charge < -0.3 is 29.9 Å². The summed E-state index contributed by atoms with van der Waals surface area (Å²) in [5.74, 6) is 9.76. The molecule has 3 aromatic rings.